The third-order valence-corrected chi connectivity index (χ3v) is 3.06. The zero-order chi connectivity index (χ0) is 12.4. The van der Waals surface area contributed by atoms with Crippen LogP contribution in [0.1, 0.15) is 24.1 Å². The third kappa shape index (κ3) is 2.58. The van der Waals surface area contributed by atoms with Crippen molar-refractivity contribution in [3.63, 3.8) is 0 Å². The number of halogens is 2. The van der Waals surface area contributed by atoms with E-state index >= 15 is 0 Å². The minimum Gasteiger partial charge on any atom is -0.368 e. The first-order valence-corrected chi connectivity index (χ1v) is 5.84. The summed E-state index contributed by atoms with van der Waals surface area (Å²) in [4.78, 5) is 0. The minimum atomic E-state index is -0.415. The maximum atomic E-state index is 13.7. The van der Waals surface area contributed by atoms with Crippen molar-refractivity contribution in [2.75, 3.05) is 5.32 Å². The number of aryl methyl sites for hydroxylation is 1. The predicted molar refractivity (Wildman–Crippen MR) is 63.0 cm³/mol. The smallest absolute Gasteiger partial charge is 0.130 e. The molecule has 2 aromatic rings. The van der Waals surface area contributed by atoms with Gasteiger partial charge in [-0.25, -0.2) is 8.78 Å². The normalized spacial score (nSPS) is 12.5. The summed E-state index contributed by atoms with van der Waals surface area (Å²) in [5, 5.41) is 7.39. The molecular weight excluding hydrogens is 244 g/mol. The Morgan fingerprint density at radius 1 is 1.29 bits per heavy atom. The molecule has 0 saturated heterocycles. The van der Waals surface area contributed by atoms with Crippen LogP contribution in [-0.2, 0) is 0 Å². The third-order valence-electron chi connectivity index (χ3n) is 2.46. The van der Waals surface area contributed by atoms with E-state index in [1.807, 2.05) is 0 Å². The van der Waals surface area contributed by atoms with E-state index in [0.29, 0.717) is 11.1 Å². The lowest BCUT2D eigenvalue weighted by atomic mass is 10.1. The van der Waals surface area contributed by atoms with Crippen LogP contribution in [0.2, 0.25) is 0 Å². The number of anilines is 1. The maximum Gasteiger partial charge on any atom is 0.130 e. The van der Waals surface area contributed by atoms with Gasteiger partial charge in [0.05, 0.1) is 12.2 Å². The van der Waals surface area contributed by atoms with Gasteiger partial charge < -0.3 is 5.32 Å². The number of nitrogens with zero attached hydrogens (tertiary/aromatic N) is 2. The quantitative estimate of drug-likeness (QED) is 0.914. The molecule has 3 nitrogen and oxygen atoms in total. The summed E-state index contributed by atoms with van der Waals surface area (Å²) in [6.45, 7) is 3.29. The van der Waals surface area contributed by atoms with Gasteiger partial charge in [-0.05, 0) is 31.5 Å². The van der Waals surface area contributed by atoms with E-state index < -0.39 is 11.6 Å². The van der Waals surface area contributed by atoms with E-state index in [1.165, 1.54) is 30.6 Å². The predicted octanol–water partition coefficient (Wildman–Crippen LogP) is 3.30. The lowest BCUT2D eigenvalue weighted by Crippen LogP contribution is -2.08. The number of benzene rings is 1. The van der Waals surface area contributed by atoms with Crippen molar-refractivity contribution in [2.45, 2.75) is 19.9 Å². The Kier molecular flexibility index (Phi) is 3.33. The lowest BCUT2D eigenvalue weighted by Gasteiger charge is -2.15. The molecule has 90 valence electrons. The SMILES string of the molecule is Cc1cc(F)c(C(C)Nc2cnns2)cc1F. The highest BCUT2D eigenvalue weighted by Gasteiger charge is 2.14. The van der Waals surface area contributed by atoms with Gasteiger partial charge in [-0.3, -0.25) is 0 Å². The molecule has 2 rings (SSSR count). The first kappa shape index (κ1) is 11.9. The fourth-order valence-electron chi connectivity index (χ4n) is 1.52. The number of rotatable bonds is 3. The van der Waals surface area contributed by atoms with Crippen LogP contribution in [0.4, 0.5) is 13.8 Å². The van der Waals surface area contributed by atoms with Crippen LogP contribution < -0.4 is 5.32 Å². The van der Waals surface area contributed by atoms with Crippen LogP contribution >= 0.6 is 11.5 Å². The highest BCUT2D eigenvalue weighted by atomic mass is 32.1. The first-order valence-electron chi connectivity index (χ1n) is 5.07. The molecule has 0 aliphatic rings. The van der Waals surface area contributed by atoms with Crippen LogP contribution in [0.25, 0.3) is 0 Å². The van der Waals surface area contributed by atoms with Gasteiger partial charge in [0.15, 0.2) is 0 Å². The zero-order valence-corrected chi connectivity index (χ0v) is 10.2. The van der Waals surface area contributed by atoms with Crippen LogP contribution in [-0.4, -0.2) is 9.59 Å². The van der Waals surface area contributed by atoms with Crippen molar-refractivity contribution in [3.8, 4) is 0 Å². The van der Waals surface area contributed by atoms with Gasteiger partial charge in [0.25, 0.3) is 0 Å². The molecule has 0 aliphatic carbocycles. The molecule has 1 N–H and O–H groups in total. The molecule has 1 aromatic heterocycles. The van der Waals surface area contributed by atoms with Gasteiger partial charge >= 0.3 is 0 Å². The van der Waals surface area contributed by atoms with E-state index in [0.717, 1.165) is 5.00 Å². The molecule has 0 amide bonds. The molecule has 0 bridgehead atoms. The number of nitrogens with one attached hydrogen (secondary N) is 1. The Bertz CT molecular complexity index is 514. The molecule has 1 aromatic carbocycles. The average Bonchev–Trinajstić information content (AvgIpc) is 2.76. The van der Waals surface area contributed by atoms with Crippen molar-refractivity contribution >= 4 is 16.5 Å². The highest BCUT2D eigenvalue weighted by Crippen LogP contribution is 2.24. The minimum absolute atomic E-state index is 0.293. The molecule has 0 spiro atoms. The average molecular weight is 255 g/mol. The van der Waals surface area contributed by atoms with E-state index in [1.54, 1.807) is 13.1 Å². The monoisotopic (exact) mass is 255 g/mol. The Labute approximate surface area is 102 Å². The Morgan fingerprint density at radius 3 is 2.71 bits per heavy atom. The lowest BCUT2D eigenvalue weighted by molar-refractivity contribution is 0.571. The summed E-state index contributed by atoms with van der Waals surface area (Å²) in [7, 11) is 0. The Balaban J connectivity index is 2.24. The van der Waals surface area contributed by atoms with E-state index in [-0.39, 0.29) is 6.04 Å². The Morgan fingerprint density at radius 2 is 2.06 bits per heavy atom. The van der Waals surface area contributed by atoms with E-state index in [9.17, 15) is 8.78 Å². The first-order chi connectivity index (χ1) is 8.08. The van der Waals surface area contributed by atoms with Gasteiger partial charge in [0, 0.05) is 17.1 Å². The molecule has 1 atom stereocenters. The van der Waals surface area contributed by atoms with Gasteiger partial charge in [0.2, 0.25) is 0 Å². The fraction of sp³-hybridized carbons (Fsp3) is 0.273. The van der Waals surface area contributed by atoms with Gasteiger partial charge in [-0.15, -0.1) is 5.10 Å². The fourth-order valence-corrected chi connectivity index (χ4v) is 2.02. The molecular formula is C11H11F2N3S. The number of hydrogen-bond donors (Lipinski definition) is 1. The van der Waals surface area contributed by atoms with Crippen molar-refractivity contribution < 1.29 is 8.78 Å². The highest BCUT2D eigenvalue weighted by molar-refractivity contribution is 7.09. The van der Waals surface area contributed by atoms with Crippen molar-refractivity contribution in [1.82, 2.24) is 9.59 Å². The molecule has 1 unspecified atom stereocenters. The second-order valence-electron chi connectivity index (χ2n) is 3.77. The van der Waals surface area contributed by atoms with Crippen molar-refractivity contribution in [2.24, 2.45) is 0 Å². The maximum absolute atomic E-state index is 13.7. The van der Waals surface area contributed by atoms with Crippen LogP contribution in [0.3, 0.4) is 0 Å². The second-order valence-corrected chi connectivity index (χ2v) is 4.56. The summed E-state index contributed by atoms with van der Waals surface area (Å²) < 4.78 is 30.7. The van der Waals surface area contributed by atoms with E-state index in [4.69, 9.17) is 0 Å². The summed E-state index contributed by atoms with van der Waals surface area (Å²) in [5.41, 5.74) is 0.597. The summed E-state index contributed by atoms with van der Waals surface area (Å²) in [5.74, 6) is -0.821. The topological polar surface area (TPSA) is 37.8 Å². The molecule has 1 heterocycles. The molecule has 0 fully saturated rings. The second kappa shape index (κ2) is 4.75. The van der Waals surface area contributed by atoms with Crippen LogP contribution in [0, 0.1) is 18.6 Å². The summed E-state index contributed by atoms with van der Waals surface area (Å²) in [6, 6.07) is 2.08. The van der Waals surface area contributed by atoms with E-state index in [2.05, 4.69) is 14.9 Å². The zero-order valence-electron chi connectivity index (χ0n) is 9.37. The van der Waals surface area contributed by atoms with Gasteiger partial charge in [-0.1, -0.05) is 4.49 Å². The summed E-state index contributed by atoms with van der Waals surface area (Å²) >= 11 is 1.17. The molecule has 17 heavy (non-hydrogen) atoms. The summed E-state index contributed by atoms with van der Waals surface area (Å²) in [6.07, 6.45) is 1.55. The molecule has 0 saturated carbocycles. The van der Waals surface area contributed by atoms with Gasteiger partial charge in [0.1, 0.15) is 16.6 Å². The van der Waals surface area contributed by atoms with Gasteiger partial charge in [-0.2, -0.15) is 0 Å². The number of aromatic nitrogens is 2. The van der Waals surface area contributed by atoms with Crippen LogP contribution in [0.15, 0.2) is 18.3 Å². The van der Waals surface area contributed by atoms with Crippen LogP contribution in [0.5, 0.6) is 0 Å². The van der Waals surface area contributed by atoms with Crippen molar-refractivity contribution in [1.29, 1.82) is 0 Å². The molecule has 0 radical (unpaired) electrons. The molecule has 0 aliphatic heterocycles. The molecule has 6 heteroatoms. The van der Waals surface area contributed by atoms with Crippen molar-refractivity contribution in [3.05, 3.63) is 41.1 Å². The largest absolute Gasteiger partial charge is 0.368 e. The Hall–Kier alpha value is -1.56. The number of hydrogen-bond acceptors (Lipinski definition) is 4. The standard InChI is InChI=1S/C11H11F2N3S/c1-6-3-10(13)8(4-9(6)12)7(2)15-11-5-14-16-17-11/h3-5,7,15H,1-2H3.